The topological polar surface area (TPSA) is 34.1 Å². The summed E-state index contributed by atoms with van der Waals surface area (Å²) in [5.74, 6) is 0.489. The Morgan fingerprint density at radius 1 is 0.429 bits per heavy atom. The van der Waals surface area contributed by atoms with E-state index in [9.17, 15) is 9.59 Å². The van der Waals surface area contributed by atoms with Crippen LogP contribution in [0.5, 0.6) is 0 Å². The molecule has 2 aliphatic rings. The van der Waals surface area contributed by atoms with Crippen LogP contribution >= 0.6 is 0 Å². The van der Waals surface area contributed by atoms with Crippen molar-refractivity contribution < 1.29 is 9.59 Å². The highest BCUT2D eigenvalue weighted by Crippen LogP contribution is 2.54. The van der Waals surface area contributed by atoms with Crippen molar-refractivity contribution in [3.8, 4) is 0 Å². The lowest BCUT2D eigenvalue weighted by atomic mass is 9.66. The first kappa shape index (κ1) is 35.2. The molecule has 2 heteroatoms. The molecule has 0 aromatic heterocycles. The molecule has 0 aromatic rings. The third kappa shape index (κ3) is 9.25. The number of carbonyl (C=O) groups excluding carboxylic acids is 2. The van der Waals surface area contributed by atoms with Gasteiger partial charge in [-0.3, -0.25) is 9.59 Å². The van der Waals surface area contributed by atoms with Crippen LogP contribution in [0.4, 0.5) is 0 Å². The molecular weight excluding hydrogens is 512 g/mol. The summed E-state index contributed by atoms with van der Waals surface area (Å²) in [5, 5.41) is 0. The minimum Gasteiger partial charge on any atom is -0.294 e. The molecule has 0 saturated heterocycles. The lowest BCUT2D eigenvalue weighted by Crippen LogP contribution is -2.36. The maximum Gasteiger partial charge on any atom is 0.162 e. The molecule has 42 heavy (non-hydrogen) atoms. The number of allylic oxidation sites excluding steroid dienone is 18. The molecule has 228 valence electrons. The fourth-order valence-corrected chi connectivity index (χ4v) is 6.03. The molecule has 2 atom stereocenters. The Balaban J connectivity index is 1.85. The average Bonchev–Trinajstić information content (AvgIpc) is 3.36. The van der Waals surface area contributed by atoms with Crippen LogP contribution in [0.2, 0.25) is 0 Å². The summed E-state index contributed by atoms with van der Waals surface area (Å²) in [7, 11) is 0. The van der Waals surface area contributed by atoms with Gasteiger partial charge in [0.2, 0.25) is 0 Å². The predicted octanol–water partition coefficient (Wildman–Crippen LogP) is 11.1. The molecule has 0 radical (unpaired) electrons. The quantitative estimate of drug-likeness (QED) is 0.173. The fraction of sp³-hybridized carbons (Fsp3) is 0.500. The monoisotopic (exact) mass is 568 g/mol. The summed E-state index contributed by atoms with van der Waals surface area (Å²) >= 11 is 0. The van der Waals surface area contributed by atoms with Crippen LogP contribution in [-0.2, 0) is 9.59 Å². The van der Waals surface area contributed by atoms with Crippen LogP contribution in [0.1, 0.15) is 108 Å². The maximum atomic E-state index is 12.9. The maximum absolute atomic E-state index is 12.9. The molecule has 0 bridgehead atoms. The van der Waals surface area contributed by atoms with Crippen LogP contribution in [0.15, 0.2) is 107 Å². The van der Waals surface area contributed by atoms with Crippen LogP contribution in [-0.4, -0.2) is 11.6 Å². The van der Waals surface area contributed by atoms with Crippen molar-refractivity contribution in [2.45, 2.75) is 108 Å². The highest BCUT2D eigenvalue weighted by molar-refractivity contribution is 5.96. The standard InChI is InChI=1S/C40H56O2/c1-31(19-13-21-33(3)23-25-35(41)39(9)29-15-27-37(39,5)6)17-11-12-18-32(2)20-14-22-34(4)24-26-36(42)40(10)30-16-28-38(40,7)8/h11-14,17-26H,15-16,27-30H2,1-10H3/b12-11+,19-13+,20-14+,25-23+,26-24+,31-17+,32-18+,33-21+,34-22+/t39-,40-/m0/s1. The lowest BCUT2D eigenvalue weighted by molar-refractivity contribution is -0.128. The molecule has 0 heterocycles. The van der Waals surface area contributed by atoms with Crippen LogP contribution in [0.3, 0.4) is 0 Å². The van der Waals surface area contributed by atoms with E-state index in [1.54, 1.807) is 12.2 Å². The first-order valence-electron chi connectivity index (χ1n) is 15.7. The van der Waals surface area contributed by atoms with E-state index in [0.29, 0.717) is 0 Å². The first-order valence-corrected chi connectivity index (χ1v) is 15.7. The highest BCUT2D eigenvalue weighted by Gasteiger charge is 2.49. The predicted molar refractivity (Wildman–Crippen MR) is 182 cm³/mol. The Kier molecular flexibility index (Phi) is 12.5. The highest BCUT2D eigenvalue weighted by atomic mass is 16.1. The minimum absolute atomic E-state index is 0.0620. The average molecular weight is 569 g/mol. The van der Waals surface area contributed by atoms with Crippen molar-refractivity contribution in [2.24, 2.45) is 21.7 Å². The second kappa shape index (κ2) is 14.9. The number of hydrogen-bond donors (Lipinski definition) is 0. The zero-order valence-electron chi connectivity index (χ0n) is 28.1. The van der Waals surface area contributed by atoms with E-state index >= 15 is 0 Å². The van der Waals surface area contributed by atoms with E-state index in [-0.39, 0.29) is 33.2 Å². The largest absolute Gasteiger partial charge is 0.294 e. The van der Waals surface area contributed by atoms with E-state index < -0.39 is 0 Å². The molecule has 0 N–H and O–H groups in total. The smallest absolute Gasteiger partial charge is 0.162 e. The van der Waals surface area contributed by atoms with Gasteiger partial charge in [-0.05, 0) is 76.4 Å². The summed E-state index contributed by atoms with van der Waals surface area (Å²) < 4.78 is 0. The van der Waals surface area contributed by atoms with Crippen molar-refractivity contribution in [3.05, 3.63) is 107 Å². The number of hydrogen-bond acceptors (Lipinski definition) is 2. The molecule has 2 fully saturated rings. The fourth-order valence-electron chi connectivity index (χ4n) is 6.03. The lowest BCUT2D eigenvalue weighted by Gasteiger charge is -2.36. The zero-order valence-corrected chi connectivity index (χ0v) is 28.1. The minimum atomic E-state index is -0.257. The molecule has 2 saturated carbocycles. The van der Waals surface area contributed by atoms with Crippen molar-refractivity contribution in [1.29, 1.82) is 0 Å². The van der Waals surface area contributed by atoms with E-state index in [1.165, 1.54) is 0 Å². The Morgan fingerprint density at radius 3 is 1.05 bits per heavy atom. The van der Waals surface area contributed by atoms with E-state index in [4.69, 9.17) is 0 Å². The van der Waals surface area contributed by atoms with Crippen LogP contribution < -0.4 is 0 Å². The number of carbonyl (C=O) groups is 2. The summed E-state index contributed by atoms with van der Waals surface area (Å²) in [6.07, 6.45) is 34.4. The number of rotatable bonds is 12. The van der Waals surface area contributed by atoms with E-state index in [0.717, 1.165) is 60.8 Å². The molecule has 0 spiro atoms. The van der Waals surface area contributed by atoms with Crippen molar-refractivity contribution in [3.63, 3.8) is 0 Å². The normalized spacial score (nSPS) is 27.6. The van der Waals surface area contributed by atoms with Crippen LogP contribution in [0, 0.1) is 21.7 Å². The van der Waals surface area contributed by atoms with Crippen molar-refractivity contribution in [2.75, 3.05) is 0 Å². The SMILES string of the molecule is CC(/C=C/C=C(C)/C=C/C(=O)[C@]1(C)CCCC1(C)C)=C\C=C\C=C(C)\C=C\C=C(C)\C=C\C(=O)[C@]1(C)CCCC1(C)C. The molecule has 2 aliphatic carbocycles. The van der Waals surface area contributed by atoms with Gasteiger partial charge < -0.3 is 0 Å². The van der Waals surface area contributed by atoms with Gasteiger partial charge in [0.15, 0.2) is 11.6 Å². The first-order chi connectivity index (χ1) is 19.5. The number of ketones is 2. The molecule has 2 rings (SSSR count). The third-order valence-corrected chi connectivity index (χ3v) is 10.3. The van der Waals surface area contributed by atoms with Crippen molar-refractivity contribution in [1.82, 2.24) is 0 Å². The van der Waals surface area contributed by atoms with Crippen molar-refractivity contribution >= 4 is 11.6 Å². The molecular formula is C40H56O2. The van der Waals surface area contributed by atoms with Gasteiger partial charge in [-0.2, -0.15) is 0 Å². The van der Waals surface area contributed by atoms with Gasteiger partial charge in [-0.1, -0.05) is 150 Å². The van der Waals surface area contributed by atoms with Gasteiger partial charge in [-0.25, -0.2) is 0 Å². The second-order valence-electron chi connectivity index (χ2n) is 14.3. The summed E-state index contributed by atoms with van der Waals surface area (Å²) in [6.45, 7) is 21.3. The molecule has 0 aliphatic heterocycles. The van der Waals surface area contributed by atoms with Gasteiger partial charge in [0.05, 0.1) is 0 Å². The van der Waals surface area contributed by atoms with Gasteiger partial charge >= 0.3 is 0 Å². The summed E-state index contributed by atoms with van der Waals surface area (Å²) in [5.41, 5.74) is 4.02. The Bertz CT molecular complexity index is 1170. The van der Waals surface area contributed by atoms with E-state index in [1.807, 2.05) is 62.5 Å². The zero-order chi connectivity index (χ0) is 31.6. The molecule has 0 amide bonds. The summed E-state index contributed by atoms with van der Waals surface area (Å²) in [6, 6.07) is 0. The van der Waals surface area contributed by atoms with Gasteiger partial charge in [0, 0.05) is 10.8 Å². The Hall–Kier alpha value is -3.00. The summed E-state index contributed by atoms with van der Waals surface area (Å²) in [4.78, 5) is 25.8. The van der Waals surface area contributed by atoms with Gasteiger partial charge in [0.1, 0.15) is 0 Å². The molecule has 2 nitrogen and oxygen atoms in total. The van der Waals surface area contributed by atoms with Gasteiger partial charge in [0.25, 0.3) is 0 Å². The molecule has 0 unspecified atom stereocenters. The Morgan fingerprint density at radius 2 is 0.738 bits per heavy atom. The third-order valence-electron chi connectivity index (χ3n) is 10.3. The van der Waals surface area contributed by atoms with Crippen LogP contribution in [0.25, 0.3) is 0 Å². The van der Waals surface area contributed by atoms with Gasteiger partial charge in [-0.15, -0.1) is 0 Å². The van der Waals surface area contributed by atoms with E-state index in [2.05, 4.69) is 79.7 Å². The second-order valence-corrected chi connectivity index (χ2v) is 14.3. The Labute approximate surface area is 257 Å². The molecule has 0 aromatic carbocycles.